The molecular formula is C21H20N4O3S. The molecule has 2 heterocycles. The van der Waals surface area contributed by atoms with Crippen molar-refractivity contribution in [2.45, 2.75) is 19.8 Å². The van der Waals surface area contributed by atoms with Crippen molar-refractivity contribution in [3.05, 3.63) is 64.0 Å². The van der Waals surface area contributed by atoms with Gasteiger partial charge in [-0.2, -0.15) is 0 Å². The highest BCUT2D eigenvalue weighted by molar-refractivity contribution is 7.16. The number of benzene rings is 2. The zero-order chi connectivity index (χ0) is 20.5. The molecule has 8 heteroatoms. The summed E-state index contributed by atoms with van der Waals surface area (Å²) in [5.74, 6) is -1.08. The Kier molecular flexibility index (Phi) is 5.02. The van der Waals surface area contributed by atoms with Crippen molar-refractivity contribution >= 4 is 39.3 Å². The average Bonchev–Trinajstić information content (AvgIpc) is 3.18. The highest BCUT2D eigenvalue weighted by Gasteiger charge is 2.35. The van der Waals surface area contributed by atoms with Crippen LogP contribution in [0.15, 0.2) is 47.6 Å². The van der Waals surface area contributed by atoms with Crippen molar-refractivity contribution in [2.24, 2.45) is 12.1 Å². The van der Waals surface area contributed by atoms with Gasteiger partial charge in [-0.1, -0.05) is 36.8 Å². The molecule has 0 spiro atoms. The summed E-state index contributed by atoms with van der Waals surface area (Å²) in [5.41, 5.74) is 4.47. The zero-order valence-corrected chi connectivity index (χ0v) is 17.0. The maximum Gasteiger partial charge on any atom is 0.271 e. The van der Waals surface area contributed by atoms with E-state index >= 15 is 0 Å². The molecule has 0 bridgehead atoms. The second-order valence-electron chi connectivity index (χ2n) is 6.84. The van der Waals surface area contributed by atoms with Gasteiger partial charge in [0.15, 0.2) is 0 Å². The molecule has 0 saturated carbocycles. The highest BCUT2D eigenvalue weighted by atomic mass is 32.1. The van der Waals surface area contributed by atoms with Gasteiger partial charge in [0.2, 0.25) is 4.80 Å². The van der Waals surface area contributed by atoms with Crippen LogP contribution in [-0.4, -0.2) is 33.7 Å². The summed E-state index contributed by atoms with van der Waals surface area (Å²) in [5, 5.41) is 4.22. The number of carbonyl (C=O) groups excluding carboxylic acids is 3. The van der Waals surface area contributed by atoms with Crippen LogP contribution in [0.25, 0.3) is 10.2 Å². The van der Waals surface area contributed by atoms with E-state index in [0.717, 1.165) is 23.1 Å². The third-order valence-electron chi connectivity index (χ3n) is 4.94. The van der Waals surface area contributed by atoms with E-state index < -0.39 is 5.91 Å². The number of amides is 3. The first-order chi connectivity index (χ1) is 14.0. The van der Waals surface area contributed by atoms with E-state index in [-0.39, 0.29) is 22.9 Å². The Balaban J connectivity index is 1.58. The fourth-order valence-corrected chi connectivity index (χ4v) is 4.28. The van der Waals surface area contributed by atoms with Gasteiger partial charge in [-0.05, 0) is 36.8 Å². The Bertz CT molecular complexity index is 1210. The third kappa shape index (κ3) is 3.36. The summed E-state index contributed by atoms with van der Waals surface area (Å²) in [6, 6.07) is 12.4. The number of aromatic nitrogens is 1. The number of hydrogen-bond acceptors (Lipinski definition) is 5. The predicted molar refractivity (Wildman–Crippen MR) is 111 cm³/mol. The molecule has 4 rings (SSSR count). The number of hydrogen-bond donors (Lipinski definition) is 1. The van der Waals surface area contributed by atoms with E-state index in [9.17, 15) is 14.4 Å². The molecule has 0 aliphatic carbocycles. The topological polar surface area (TPSA) is 83.8 Å². The number of fused-ring (bicyclic) bond motifs is 2. The largest absolute Gasteiger partial charge is 0.318 e. The van der Waals surface area contributed by atoms with Crippen LogP contribution in [0.5, 0.6) is 0 Å². The number of unbranched alkanes of at least 4 members (excludes halogenated alkanes) is 1. The van der Waals surface area contributed by atoms with Crippen LogP contribution in [-0.2, 0) is 7.05 Å². The molecule has 3 aromatic rings. The predicted octanol–water partition coefficient (Wildman–Crippen LogP) is 2.88. The molecule has 0 radical (unpaired) electrons. The summed E-state index contributed by atoms with van der Waals surface area (Å²) < 4.78 is 2.97. The van der Waals surface area contributed by atoms with Crippen molar-refractivity contribution in [3.63, 3.8) is 0 Å². The van der Waals surface area contributed by atoms with Crippen LogP contribution in [0.3, 0.4) is 0 Å². The maximum absolute atomic E-state index is 12.6. The van der Waals surface area contributed by atoms with Gasteiger partial charge < -0.3 is 4.57 Å². The number of nitrogens with one attached hydrogen (secondary N) is 1. The Hall–Kier alpha value is -3.26. The summed E-state index contributed by atoms with van der Waals surface area (Å²) in [7, 11) is 1.88. The first kappa shape index (κ1) is 19.1. The number of imide groups is 1. The van der Waals surface area contributed by atoms with Gasteiger partial charge in [0.25, 0.3) is 17.7 Å². The standard InChI is InChI=1S/C21H20N4O3S/c1-3-4-11-25-19(27)14-10-9-13(12-15(14)20(25)28)18(26)22-23-21-24(2)16-7-5-6-8-17(16)29-21/h5-10,12H,3-4,11H2,1-2H3,(H,22,26)/b23-21+. The number of rotatable bonds is 5. The Morgan fingerprint density at radius 1 is 1.10 bits per heavy atom. The summed E-state index contributed by atoms with van der Waals surface area (Å²) in [6.07, 6.45) is 1.64. The van der Waals surface area contributed by atoms with Crippen LogP contribution >= 0.6 is 11.3 Å². The van der Waals surface area contributed by atoms with Gasteiger partial charge in [-0.15, -0.1) is 5.10 Å². The van der Waals surface area contributed by atoms with E-state index in [0.29, 0.717) is 16.9 Å². The van der Waals surface area contributed by atoms with Crippen molar-refractivity contribution in [3.8, 4) is 0 Å². The van der Waals surface area contributed by atoms with Gasteiger partial charge >= 0.3 is 0 Å². The van der Waals surface area contributed by atoms with E-state index in [2.05, 4.69) is 10.5 Å². The van der Waals surface area contributed by atoms with Crippen molar-refractivity contribution in [1.29, 1.82) is 0 Å². The molecule has 0 unspecified atom stereocenters. The van der Waals surface area contributed by atoms with Crippen molar-refractivity contribution < 1.29 is 14.4 Å². The smallest absolute Gasteiger partial charge is 0.271 e. The third-order valence-corrected chi connectivity index (χ3v) is 6.05. The SMILES string of the molecule is CCCCN1C(=O)c2ccc(C(=O)N/N=c3/sc4ccccc4n3C)cc2C1=O. The summed E-state index contributed by atoms with van der Waals surface area (Å²) >= 11 is 1.47. The molecule has 0 saturated heterocycles. The molecule has 7 nitrogen and oxygen atoms in total. The van der Waals surface area contributed by atoms with Gasteiger partial charge in [0, 0.05) is 19.2 Å². The lowest BCUT2D eigenvalue weighted by Crippen LogP contribution is -2.30. The van der Waals surface area contributed by atoms with E-state index in [1.165, 1.54) is 28.4 Å². The van der Waals surface area contributed by atoms with Crippen LogP contribution in [0.4, 0.5) is 0 Å². The number of thiazole rings is 1. The van der Waals surface area contributed by atoms with Crippen molar-refractivity contribution in [2.75, 3.05) is 6.54 Å². The molecule has 29 heavy (non-hydrogen) atoms. The van der Waals surface area contributed by atoms with Gasteiger partial charge in [-0.25, -0.2) is 5.43 Å². The molecule has 148 valence electrons. The number of carbonyl (C=O) groups is 3. The second kappa shape index (κ2) is 7.63. The normalized spacial score (nSPS) is 14.0. The fraction of sp³-hybridized carbons (Fsp3) is 0.238. The lowest BCUT2D eigenvalue weighted by atomic mass is 10.1. The van der Waals surface area contributed by atoms with E-state index in [1.54, 1.807) is 6.07 Å². The second-order valence-corrected chi connectivity index (χ2v) is 7.85. The Labute approximate surface area is 171 Å². The highest BCUT2D eigenvalue weighted by Crippen LogP contribution is 2.24. The van der Waals surface area contributed by atoms with Crippen LogP contribution in [0.1, 0.15) is 50.8 Å². The molecule has 1 aromatic heterocycles. The quantitative estimate of drug-likeness (QED) is 0.520. The first-order valence-electron chi connectivity index (χ1n) is 9.40. The fourth-order valence-electron chi connectivity index (χ4n) is 3.30. The molecular weight excluding hydrogens is 388 g/mol. The average molecular weight is 408 g/mol. The van der Waals surface area contributed by atoms with Gasteiger partial charge in [-0.3, -0.25) is 19.3 Å². The minimum absolute atomic E-state index is 0.270. The van der Waals surface area contributed by atoms with Crippen LogP contribution < -0.4 is 10.2 Å². The molecule has 3 amide bonds. The molecule has 2 aromatic carbocycles. The minimum Gasteiger partial charge on any atom is -0.318 e. The molecule has 1 N–H and O–H groups in total. The van der Waals surface area contributed by atoms with Crippen LogP contribution in [0.2, 0.25) is 0 Å². The first-order valence-corrected chi connectivity index (χ1v) is 10.2. The summed E-state index contributed by atoms with van der Waals surface area (Å²) in [6.45, 7) is 2.39. The number of nitrogens with zero attached hydrogens (tertiary/aromatic N) is 3. The maximum atomic E-state index is 12.6. The van der Waals surface area contributed by atoms with E-state index in [1.807, 2.05) is 42.8 Å². The molecule has 0 atom stereocenters. The van der Waals surface area contributed by atoms with Crippen molar-refractivity contribution in [1.82, 2.24) is 14.9 Å². The van der Waals surface area contributed by atoms with E-state index in [4.69, 9.17) is 0 Å². The summed E-state index contributed by atoms with van der Waals surface area (Å²) in [4.78, 5) is 39.4. The number of para-hydroxylation sites is 1. The Morgan fingerprint density at radius 3 is 2.62 bits per heavy atom. The number of aryl methyl sites for hydroxylation is 1. The Morgan fingerprint density at radius 2 is 1.86 bits per heavy atom. The van der Waals surface area contributed by atoms with Gasteiger partial charge in [0.05, 0.1) is 21.3 Å². The van der Waals surface area contributed by atoms with Gasteiger partial charge in [0.1, 0.15) is 0 Å². The lowest BCUT2D eigenvalue weighted by Gasteiger charge is -2.12. The zero-order valence-electron chi connectivity index (χ0n) is 16.1. The van der Waals surface area contributed by atoms with Crippen LogP contribution in [0, 0.1) is 0 Å². The monoisotopic (exact) mass is 408 g/mol. The molecule has 1 aliphatic rings. The minimum atomic E-state index is -0.433. The molecule has 0 fully saturated rings. The molecule has 1 aliphatic heterocycles. The lowest BCUT2D eigenvalue weighted by molar-refractivity contribution is 0.0652.